The van der Waals surface area contributed by atoms with Crippen molar-refractivity contribution in [1.29, 1.82) is 0 Å². The molecule has 1 amide bonds. The zero-order chi connectivity index (χ0) is 18.3. The molecule has 26 heavy (non-hydrogen) atoms. The molecule has 4 nitrogen and oxygen atoms in total. The fourth-order valence-electron chi connectivity index (χ4n) is 3.40. The van der Waals surface area contributed by atoms with Crippen LogP contribution < -0.4 is 4.74 Å². The molecule has 4 rings (SSSR count). The van der Waals surface area contributed by atoms with Gasteiger partial charge in [-0.05, 0) is 28.8 Å². The Balaban J connectivity index is 1.46. The number of benzene rings is 2. The Hall–Kier alpha value is -2.54. The summed E-state index contributed by atoms with van der Waals surface area (Å²) < 4.78 is 46.4. The van der Waals surface area contributed by atoms with Crippen LogP contribution in [0.15, 0.2) is 48.5 Å². The lowest BCUT2D eigenvalue weighted by molar-refractivity contribution is -0.274. The van der Waals surface area contributed by atoms with E-state index in [1.54, 1.807) is 17.0 Å². The van der Waals surface area contributed by atoms with E-state index in [1.165, 1.54) is 12.1 Å². The molecule has 7 heteroatoms. The van der Waals surface area contributed by atoms with Crippen molar-refractivity contribution in [3.63, 3.8) is 0 Å². The summed E-state index contributed by atoms with van der Waals surface area (Å²) >= 11 is 0. The van der Waals surface area contributed by atoms with Crippen molar-refractivity contribution in [2.75, 3.05) is 6.54 Å². The number of hydrogen-bond acceptors (Lipinski definition) is 3. The summed E-state index contributed by atoms with van der Waals surface area (Å²) in [7, 11) is 0. The maximum Gasteiger partial charge on any atom is 0.573 e. The molecule has 2 saturated heterocycles. The van der Waals surface area contributed by atoms with E-state index < -0.39 is 6.36 Å². The first kappa shape index (κ1) is 16.9. The van der Waals surface area contributed by atoms with Crippen molar-refractivity contribution in [2.24, 2.45) is 0 Å². The van der Waals surface area contributed by atoms with Gasteiger partial charge in [0.25, 0.3) is 0 Å². The van der Waals surface area contributed by atoms with Gasteiger partial charge in [0.1, 0.15) is 18.1 Å². The second-order valence-corrected chi connectivity index (χ2v) is 6.36. The average molecular weight is 363 g/mol. The molecule has 2 unspecified atom stereocenters. The molecule has 2 fully saturated rings. The van der Waals surface area contributed by atoms with Crippen molar-refractivity contribution in [3.8, 4) is 16.9 Å². The Labute approximate surface area is 148 Å². The van der Waals surface area contributed by atoms with Gasteiger partial charge in [-0.25, -0.2) is 0 Å². The van der Waals surface area contributed by atoms with Crippen LogP contribution in [0.2, 0.25) is 0 Å². The first-order valence-electron chi connectivity index (χ1n) is 8.30. The molecule has 0 bridgehead atoms. The fraction of sp³-hybridized carbons (Fsp3) is 0.316. The summed E-state index contributed by atoms with van der Waals surface area (Å²) in [5.41, 5.74) is 2.64. The molecule has 0 aliphatic carbocycles. The summed E-state index contributed by atoms with van der Waals surface area (Å²) in [6.07, 6.45) is -3.67. The van der Waals surface area contributed by atoms with Crippen molar-refractivity contribution >= 4 is 5.91 Å². The van der Waals surface area contributed by atoms with Gasteiger partial charge in [0, 0.05) is 12.8 Å². The smallest absolute Gasteiger partial charge is 0.406 e. The summed E-state index contributed by atoms with van der Waals surface area (Å²) in [6.45, 7) is 0.562. The lowest BCUT2D eigenvalue weighted by Gasteiger charge is -2.12. The number of halogens is 3. The molecule has 2 aromatic carbocycles. The van der Waals surface area contributed by atoms with Crippen LogP contribution in [0.1, 0.15) is 24.5 Å². The Morgan fingerprint density at radius 1 is 1.00 bits per heavy atom. The number of carbonyl (C=O) groups is 1. The highest BCUT2D eigenvalue weighted by atomic mass is 19.4. The predicted octanol–water partition coefficient (Wildman–Crippen LogP) is 4.27. The summed E-state index contributed by atoms with van der Waals surface area (Å²) in [5, 5.41) is 0. The van der Waals surface area contributed by atoms with E-state index in [9.17, 15) is 18.0 Å². The van der Waals surface area contributed by atoms with Gasteiger partial charge in [-0.15, -0.1) is 13.2 Å². The minimum Gasteiger partial charge on any atom is -0.406 e. The summed E-state index contributed by atoms with van der Waals surface area (Å²) in [5.74, 6) is -0.113. The Morgan fingerprint density at radius 3 is 2.19 bits per heavy atom. The first-order chi connectivity index (χ1) is 12.4. The van der Waals surface area contributed by atoms with Crippen LogP contribution in [0.3, 0.4) is 0 Å². The predicted molar refractivity (Wildman–Crippen MR) is 87.1 cm³/mol. The van der Waals surface area contributed by atoms with Crippen LogP contribution >= 0.6 is 0 Å². The number of carbonyl (C=O) groups excluding carboxylic acids is 1. The average Bonchev–Trinajstić information content (AvgIpc) is 3.17. The van der Waals surface area contributed by atoms with Crippen LogP contribution in [0.4, 0.5) is 13.2 Å². The highest BCUT2D eigenvalue weighted by molar-refractivity contribution is 5.78. The second-order valence-electron chi connectivity index (χ2n) is 6.36. The third kappa shape index (κ3) is 3.39. The SMILES string of the molecule is O=C1CCC2OC(c3ccc(-c4ccc(OC(F)(F)F)cc4)cc3)CN12. The van der Waals surface area contributed by atoms with Crippen LogP contribution in [0.25, 0.3) is 11.1 Å². The maximum atomic E-state index is 12.2. The number of rotatable bonds is 3. The van der Waals surface area contributed by atoms with Crippen LogP contribution in [-0.2, 0) is 9.53 Å². The Bertz CT molecular complexity index is 802. The number of alkyl halides is 3. The van der Waals surface area contributed by atoms with Gasteiger partial charge in [0.15, 0.2) is 0 Å². The zero-order valence-electron chi connectivity index (χ0n) is 13.7. The van der Waals surface area contributed by atoms with Crippen LogP contribution in [0.5, 0.6) is 5.75 Å². The third-order valence-electron chi connectivity index (χ3n) is 4.66. The van der Waals surface area contributed by atoms with E-state index in [1.807, 2.05) is 24.3 Å². The van der Waals surface area contributed by atoms with Crippen LogP contribution in [-0.4, -0.2) is 29.9 Å². The van der Waals surface area contributed by atoms with Crippen LogP contribution in [0, 0.1) is 0 Å². The number of ether oxygens (including phenoxy) is 2. The van der Waals surface area contributed by atoms with Gasteiger partial charge in [-0.3, -0.25) is 4.79 Å². The van der Waals surface area contributed by atoms with Gasteiger partial charge in [-0.1, -0.05) is 36.4 Å². The zero-order valence-corrected chi connectivity index (χ0v) is 13.7. The summed E-state index contributed by atoms with van der Waals surface area (Å²) in [4.78, 5) is 13.5. The van der Waals surface area contributed by atoms with E-state index in [0.717, 1.165) is 23.1 Å². The van der Waals surface area contributed by atoms with E-state index in [4.69, 9.17) is 4.74 Å². The maximum absolute atomic E-state index is 12.2. The fourth-order valence-corrected chi connectivity index (χ4v) is 3.40. The normalized spacial score (nSPS) is 22.6. The Morgan fingerprint density at radius 2 is 1.62 bits per heavy atom. The second kappa shape index (κ2) is 6.32. The molecule has 0 N–H and O–H groups in total. The molecule has 2 heterocycles. The lowest BCUT2D eigenvalue weighted by atomic mass is 10.0. The minimum atomic E-state index is -4.69. The van der Waals surface area contributed by atoms with Gasteiger partial charge >= 0.3 is 6.36 Å². The standard InChI is InChI=1S/C19H16F3NO3/c20-19(21,22)26-15-7-5-13(6-8-15)12-1-3-14(4-2-12)16-11-23-17(24)9-10-18(23)25-16/h1-8,16,18H,9-11H2. The Kier molecular flexibility index (Phi) is 4.11. The van der Waals surface area contributed by atoms with E-state index in [2.05, 4.69) is 4.74 Å². The molecular weight excluding hydrogens is 347 g/mol. The minimum absolute atomic E-state index is 0.117. The summed E-state index contributed by atoms with van der Waals surface area (Å²) in [6, 6.07) is 13.4. The molecule has 0 radical (unpaired) electrons. The third-order valence-corrected chi connectivity index (χ3v) is 4.66. The molecule has 0 spiro atoms. The number of hydrogen-bond donors (Lipinski definition) is 0. The van der Waals surface area contributed by atoms with Crippen molar-refractivity contribution in [1.82, 2.24) is 4.90 Å². The van der Waals surface area contributed by atoms with Crippen molar-refractivity contribution in [2.45, 2.75) is 31.5 Å². The molecule has 2 aromatic rings. The quantitative estimate of drug-likeness (QED) is 0.817. The van der Waals surface area contributed by atoms with E-state index in [0.29, 0.717) is 13.0 Å². The number of amides is 1. The first-order valence-corrected chi connectivity index (χ1v) is 8.30. The van der Waals surface area contributed by atoms with Crippen molar-refractivity contribution < 1.29 is 27.4 Å². The molecule has 0 aromatic heterocycles. The topological polar surface area (TPSA) is 38.8 Å². The number of fused-ring (bicyclic) bond motifs is 1. The molecule has 2 atom stereocenters. The van der Waals surface area contributed by atoms with Gasteiger partial charge in [-0.2, -0.15) is 0 Å². The van der Waals surface area contributed by atoms with Crippen molar-refractivity contribution in [3.05, 3.63) is 54.1 Å². The lowest BCUT2D eigenvalue weighted by Crippen LogP contribution is -2.27. The highest BCUT2D eigenvalue weighted by Gasteiger charge is 2.41. The van der Waals surface area contributed by atoms with E-state index >= 15 is 0 Å². The van der Waals surface area contributed by atoms with Gasteiger partial charge < -0.3 is 14.4 Å². The molecule has 136 valence electrons. The van der Waals surface area contributed by atoms with E-state index in [-0.39, 0.29) is 24.0 Å². The molecular formula is C19H16F3NO3. The largest absolute Gasteiger partial charge is 0.573 e. The molecule has 2 aliphatic heterocycles. The molecule has 2 aliphatic rings. The van der Waals surface area contributed by atoms with Gasteiger partial charge in [0.2, 0.25) is 5.91 Å². The molecule has 0 saturated carbocycles. The highest BCUT2D eigenvalue weighted by Crippen LogP contribution is 2.36. The van der Waals surface area contributed by atoms with Gasteiger partial charge in [0.05, 0.1) is 6.54 Å². The monoisotopic (exact) mass is 363 g/mol. The number of nitrogens with zero attached hydrogens (tertiary/aromatic N) is 1.